The number of carbonyl (C=O) groups is 1. The third kappa shape index (κ3) is 5.97. The lowest BCUT2D eigenvalue weighted by Crippen LogP contribution is -2.34. The molecule has 78 valence electrons. The normalized spacial score (nSPS) is 13.0. The predicted molar refractivity (Wildman–Crippen MR) is 60.1 cm³/mol. The van der Waals surface area contributed by atoms with Gasteiger partial charge in [-0.25, -0.2) is 0 Å². The van der Waals surface area contributed by atoms with Gasteiger partial charge in [-0.3, -0.25) is 4.79 Å². The molecule has 0 saturated heterocycles. The van der Waals surface area contributed by atoms with Crippen molar-refractivity contribution < 1.29 is 4.79 Å². The van der Waals surface area contributed by atoms with E-state index < -0.39 is 0 Å². The first-order valence-electron chi connectivity index (χ1n) is 5.05. The van der Waals surface area contributed by atoms with Crippen LogP contribution in [-0.2, 0) is 4.79 Å². The maximum Gasteiger partial charge on any atom is 0.233 e. The molecule has 0 aliphatic heterocycles. The Morgan fingerprint density at radius 2 is 2.00 bits per heavy atom. The lowest BCUT2D eigenvalue weighted by Gasteiger charge is -2.14. The van der Waals surface area contributed by atoms with Gasteiger partial charge in [0.15, 0.2) is 0 Å². The average Bonchev–Trinajstić information content (AvgIpc) is 2.10. The Morgan fingerprint density at radius 3 is 2.46 bits per heavy atom. The van der Waals surface area contributed by atoms with Crippen LogP contribution in [0.2, 0.25) is 0 Å². The van der Waals surface area contributed by atoms with Gasteiger partial charge in [-0.05, 0) is 12.3 Å². The van der Waals surface area contributed by atoms with Crippen molar-refractivity contribution in [1.82, 2.24) is 5.32 Å². The van der Waals surface area contributed by atoms with E-state index in [0.717, 1.165) is 13.0 Å². The summed E-state index contributed by atoms with van der Waals surface area (Å²) in [6.45, 7) is 6.94. The third-order valence-electron chi connectivity index (χ3n) is 1.98. The lowest BCUT2D eigenvalue weighted by molar-refractivity contribution is -0.121. The Balaban J connectivity index is 3.50. The minimum Gasteiger partial charge on any atom is -0.355 e. The van der Waals surface area contributed by atoms with Crippen LogP contribution in [0.15, 0.2) is 0 Å². The maximum atomic E-state index is 11.4. The van der Waals surface area contributed by atoms with E-state index in [4.69, 9.17) is 0 Å². The van der Waals surface area contributed by atoms with Crippen LogP contribution >= 0.6 is 12.6 Å². The number of amides is 1. The summed E-state index contributed by atoms with van der Waals surface area (Å²) < 4.78 is 0. The van der Waals surface area contributed by atoms with E-state index in [1.54, 1.807) is 0 Å². The van der Waals surface area contributed by atoms with E-state index in [0.29, 0.717) is 5.92 Å². The van der Waals surface area contributed by atoms with Gasteiger partial charge >= 0.3 is 0 Å². The molecule has 0 aromatic heterocycles. The van der Waals surface area contributed by atoms with E-state index in [9.17, 15) is 4.79 Å². The number of hydrogen-bond acceptors (Lipinski definition) is 2. The van der Waals surface area contributed by atoms with Gasteiger partial charge in [0, 0.05) is 6.54 Å². The molecule has 1 amide bonds. The molecule has 0 saturated carbocycles. The molecule has 0 bridgehead atoms. The molecule has 0 aliphatic rings. The number of rotatable bonds is 6. The summed E-state index contributed by atoms with van der Waals surface area (Å²) >= 11 is 4.23. The molecule has 0 heterocycles. The van der Waals surface area contributed by atoms with E-state index in [1.807, 2.05) is 13.8 Å². The quantitative estimate of drug-likeness (QED) is 0.503. The smallest absolute Gasteiger partial charge is 0.233 e. The van der Waals surface area contributed by atoms with E-state index in [1.165, 1.54) is 12.8 Å². The van der Waals surface area contributed by atoms with Gasteiger partial charge in [-0.1, -0.05) is 33.6 Å². The van der Waals surface area contributed by atoms with Gasteiger partial charge < -0.3 is 5.32 Å². The fraction of sp³-hybridized carbons (Fsp3) is 0.900. The highest BCUT2D eigenvalue weighted by molar-refractivity contribution is 7.81. The maximum absolute atomic E-state index is 11.4. The third-order valence-corrected chi connectivity index (χ3v) is 2.81. The zero-order valence-corrected chi connectivity index (χ0v) is 9.73. The minimum atomic E-state index is -0.165. The van der Waals surface area contributed by atoms with Crippen molar-refractivity contribution in [2.45, 2.75) is 45.3 Å². The van der Waals surface area contributed by atoms with Crippen molar-refractivity contribution in [3.8, 4) is 0 Å². The first-order valence-corrected chi connectivity index (χ1v) is 5.57. The highest BCUT2D eigenvalue weighted by Gasteiger charge is 2.16. The van der Waals surface area contributed by atoms with Crippen LogP contribution in [0.3, 0.4) is 0 Å². The number of nitrogens with one attached hydrogen (secondary N) is 1. The summed E-state index contributed by atoms with van der Waals surface area (Å²) in [6.07, 6.45) is 3.43. The molecule has 0 fully saturated rings. The van der Waals surface area contributed by atoms with Crippen LogP contribution in [0.4, 0.5) is 0 Å². The Kier molecular flexibility index (Phi) is 7.14. The molecule has 1 unspecified atom stereocenters. The second-order valence-electron chi connectivity index (χ2n) is 3.69. The average molecular weight is 203 g/mol. The van der Waals surface area contributed by atoms with Crippen LogP contribution in [0.25, 0.3) is 0 Å². The van der Waals surface area contributed by atoms with Gasteiger partial charge in [0.05, 0.1) is 5.25 Å². The number of thiol groups is 1. The molecule has 1 N–H and O–H groups in total. The van der Waals surface area contributed by atoms with Crippen molar-refractivity contribution in [1.29, 1.82) is 0 Å². The predicted octanol–water partition coefficient (Wildman–Crippen LogP) is 2.25. The molecule has 0 spiro atoms. The van der Waals surface area contributed by atoms with E-state index in [2.05, 4.69) is 24.9 Å². The SMILES string of the molecule is CCCCCNC(=O)C(S)C(C)C. The highest BCUT2D eigenvalue weighted by atomic mass is 32.1. The fourth-order valence-electron chi connectivity index (χ4n) is 0.994. The van der Waals surface area contributed by atoms with Crippen molar-refractivity contribution in [3.63, 3.8) is 0 Å². The van der Waals surface area contributed by atoms with Crippen molar-refractivity contribution in [2.75, 3.05) is 6.54 Å². The summed E-state index contributed by atoms with van der Waals surface area (Å²) in [4.78, 5) is 11.4. The summed E-state index contributed by atoms with van der Waals surface area (Å²) in [5.74, 6) is 0.365. The van der Waals surface area contributed by atoms with Crippen LogP contribution in [-0.4, -0.2) is 17.7 Å². The summed E-state index contributed by atoms with van der Waals surface area (Å²) in [5, 5.41) is 2.72. The molecule has 0 aromatic rings. The first-order chi connectivity index (χ1) is 6.09. The van der Waals surface area contributed by atoms with Gasteiger partial charge in [-0.2, -0.15) is 12.6 Å². The standard InChI is InChI=1S/C10H21NOS/c1-4-5-6-7-11-10(12)9(13)8(2)3/h8-9,13H,4-7H2,1-3H3,(H,11,12). The van der Waals surface area contributed by atoms with Gasteiger partial charge in [-0.15, -0.1) is 0 Å². The topological polar surface area (TPSA) is 29.1 Å². The van der Waals surface area contributed by atoms with Crippen molar-refractivity contribution in [3.05, 3.63) is 0 Å². The summed E-state index contributed by atoms with van der Waals surface area (Å²) in [5.41, 5.74) is 0. The largest absolute Gasteiger partial charge is 0.355 e. The molecular formula is C10H21NOS. The van der Waals surface area contributed by atoms with Crippen LogP contribution < -0.4 is 5.32 Å². The summed E-state index contributed by atoms with van der Waals surface area (Å²) in [6, 6.07) is 0. The summed E-state index contributed by atoms with van der Waals surface area (Å²) in [7, 11) is 0. The molecule has 0 aliphatic carbocycles. The molecule has 0 rings (SSSR count). The van der Waals surface area contributed by atoms with Gasteiger partial charge in [0.1, 0.15) is 0 Å². The van der Waals surface area contributed by atoms with Gasteiger partial charge in [0.2, 0.25) is 5.91 Å². The zero-order chi connectivity index (χ0) is 10.3. The lowest BCUT2D eigenvalue weighted by atomic mass is 10.1. The van der Waals surface area contributed by atoms with Crippen LogP contribution in [0, 0.1) is 5.92 Å². The zero-order valence-electron chi connectivity index (χ0n) is 8.84. The second-order valence-corrected chi connectivity index (χ2v) is 4.24. The van der Waals surface area contributed by atoms with E-state index in [-0.39, 0.29) is 11.2 Å². The Labute approximate surface area is 86.9 Å². The molecule has 1 atom stereocenters. The molecular weight excluding hydrogens is 182 g/mol. The first kappa shape index (κ1) is 12.8. The van der Waals surface area contributed by atoms with E-state index >= 15 is 0 Å². The molecule has 0 radical (unpaired) electrons. The van der Waals surface area contributed by atoms with Crippen molar-refractivity contribution >= 4 is 18.5 Å². The molecule has 2 nitrogen and oxygen atoms in total. The fourth-order valence-corrected chi connectivity index (χ4v) is 1.09. The van der Waals surface area contributed by atoms with Crippen LogP contribution in [0.1, 0.15) is 40.0 Å². The monoisotopic (exact) mass is 203 g/mol. The molecule has 0 aromatic carbocycles. The Morgan fingerprint density at radius 1 is 1.38 bits per heavy atom. The Bertz CT molecular complexity index is 148. The Hall–Kier alpha value is -0.180. The number of hydrogen-bond donors (Lipinski definition) is 2. The van der Waals surface area contributed by atoms with Crippen LogP contribution in [0.5, 0.6) is 0 Å². The molecule has 3 heteroatoms. The molecule has 13 heavy (non-hydrogen) atoms. The minimum absolute atomic E-state index is 0.0643. The second kappa shape index (κ2) is 7.25. The highest BCUT2D eigenvalue weighted by Crippen LogP contribution is 2.08. The van der Waals surface area contributed by atoms with Crippen molar-refractivity contribution in [2.24, 2.45) is 5.92 Å². The van der Waals surface area contributed by atoms with Gasteiger partial charge in [0.25, 0.3) is 0 Å². The number of carbonyl (C=O) groups excluding carboxylic acids is 1. The number of unbranched alkanes of at least 4 members (excludes halogenated alkanes) is 2.